The fourth-order valence-corrected chi connectivity index (χ4v) is 5.08. The fourth-order valence-electron chi connectivity index (χ4n) is 4.51. The van der Waals surface area contributed by atoms with Crippen molar-refractivity contribution in [3.63, 3.8) is 0 Å². The number of benzene rings is 3. The third-order valence-electron chi connectivity index (χ3n) is 6.35. The molecule has 11 nitrogen and oxygen atoms in total. The second-order valence-corrected chi connectivity index (χ2v) is 10.0. The number of carbonyl (C=O) groups is 3. The molecule has 1 N–H and O–H groups in total. The first-order valence-corrected chi connectivity index (χ1v) is 14.4. The van der Waals surface area contributed by atoms with Gasteiger partial charge < -0.3 is 28.4 Å². The first-order valence-electron chi connectivity index (χ1n) is 13.6. The number of carbonyl (C=O) groups excluding carboxylic acids is 3. The standard InChI is InChI=1S/C31H29BrN2O9/c1-4-38-20-8-10-24(39-5-2)23(15-20)34-30(36)21(29(35)33-31(34)37)11-19-12-22(32)28(27(14-19)40-6-3)41-16-18-7-9-25-26(13-18)43-17-42-25/h7-15H,4-6,16-17H2,1-3H3,(H,33,35,37)/b21-11+. The summed E-state index contributed by atoms with van der Waals surface area (Å²) in [6, 6.07) is 12.8. The highest BCUT2D eigenvalue weighted by atomic mass is 79.9. The number of ether oxygens (including phenoxy) is 6. The second kappa shape index (κ2) is 13.1. The zero-order valence-corrected chi connectivity index (χ0v) is 25.3. The molecule has 3 aromatic rings. The largest absolute Gasteiger partial charge is 0.494 e. The van der Waals surface area contributed by atoms with E-state index in [4.69, 9.17) is 28.4 Å². The molecule has 0 aromatic heterocycles. The van der Waals surface area contributed by atoms with Crippen LogP contribution in [0, 0.1) is 0 Å². The lowest BCUT2D eigenvalue weighted by Gasteiger charge is -2.28. The number of imide groups is 2. The fraction of sp³-hybridized carbons (Fsp3) is 0.258. The Labute approximate surface area is 256 Å². The maximum absolute atomic E-state index is 13.7. The summed E-state index contributed by atoms with van der Waals surface area (Å²) in [5.74, 6) is 1.22. The van der Waals surface area contributed by atoms with Crippen molar-refractivity contribution in [3.05, 3.63) is 69.7 Å². The Morgan fingerprint density at radius 1 is 0.860 bits per heavy atom. The first kappa shape index (κ1) is 29.8. The number of fused-ring (bicyclic) bond motifs is 1. The molecular formula is C31H29BrN2O9. The van der Waals surface area contributed by atoms with Crippen molar-refractivity contribution in [1.29, 1.82) is 0 Å². The van der Waals surface area contributed by atoms with Crippen LogP contribution in [0.25, 0.3) is 6.08 Å². The van der Waals surface area contributed by atoms with Crippen LogP contribution in [-0.4, -0.2) is 44.5 Å². The summed E-state index contributed by atoms with van der Waals surface area (Å²) in [6.07, 6.45) is 1.39. The molecule has 0 aliphatic carbocycles. The topological polar surface area (TPSA) is 122 Å². The summed E-state index contributed by atoms with van der Waals surface area (Å²) >= 11 is 3.53. The van der Waals surface area contributed by atoms with Gasteiger partial charge in [-0.3, -0.25) is 14.9 Å². The van der Waals surface area contributed by atoms with Crippen LogP contribution >= 0.6 is 15.9 Å². The van der Waals surface area contributed by atoms with E-state index in [1.165, 1.54) is 12.1 Å². The van der Waals surface area contributed by atoms with Crippen LogP contribution in [0.4, 0.5) is 10.5 Å². The number of nitrogens with one attached hydrogen (secondary N) is 1. The van der Waals surface area contributed by atoms with Crippen LogP contribution in [0.1, 0.15) is 31.9 Å². The van der Waals surface area contributed by atoms with Crippen LogP contribution in [0.3, 0.4) is 0 Å². The normalized spacial score (nSPS) is 15.0. The molecule has 5 rings (SSSR count). The van der Waals surface area contributed by atoms with Gasteiger partial charge in [-0.15, -0.1) is 0 Å². The maximum Gasteiger partial charge on any atom is 0.336 e. The molecule has 12 heteroatoms. The SMILES string of the molecule is CCOc1ccc(OCC)c(N2C(=O)NC(=O)/C(=C\c3cc(Br)c(OCc4ccc5c(c4)OCO5)c(OCC)c3)C2=O)c1. The van der Waals surface area contributed by atoms with E-state index >= 15 is 0 Å². The van der Waals surface area contributed by atoms with E-state index in [-0.39, 0.29) is 30.4 Å². The average molecular weight is 653 g/mol. The Balaban J connectivity index is 1.45. The Morgan fingerprint density at radius 2 is 1.60 bits per heavy atom. The quantitative estimate of drug-likeness (QED) is 0.208. The van der Waals surface area contributed by atoms with Gasteiger partial charge in [-0.2, -0.15) is 0 Å². The summed E-state index contributed by atoms with van der Waals surface area (Å²) in [7, 11) is 0. The molecule has 2 heterocycles. The Morgan fingerprint density at radius 3 is 2.37 bits per heavy atom. The molecule has 0 bridgehead atoms. The highest BCUT2D eigenvalue weighted by molar-refractivity contribution is 9.10. The lowest BCUT2D eigenvalue weighted by atomic mass is 10.1. The van der Waals surface area contributed by atoms with E-state index in [1.807, 2.05) is 32.0 Å². The lowest BCUT2D eigenvalue weighted by molar-refractivity contribution is -0.122. The number of amides is 4. The Hall–Kier alpha value is -4.71. The molecule has 0 radical (unpaired) electrons. The highest BCUT2D eigenvalue weighted by Gasteiger charge is 2.38. The average Bonchev–Trinajstić information content (AvgIpc) is 3.44. The smallest absolute Gasteiger partial charge is 0.336 e. The molecule has 1 fully saturated rings. The molecule has 224 valence electrons. The van der Waals surface area contributed by atoms with Gasteiger partial charge in [0.05, 0.1) is 30.0 Å². The Bertz CT molecular complexity index is 1600. The van der Waals surface area contributed by atoms with E-state index in [2.05, 4.69) is 21.2 Å². The van der Waals surface area contributed by atoms with Crippen molar-refractivity contribution >= 4 is 45.5 Å². The molecule has 0 atom stereocenters. The molecular weight excluding hydrogens is 624 g/mol. The molecule has 4 amide bonds. The minimum Gasteiger partial charge on any atom is -0.494 e. The van der Waals surface area contributed by atoms with E-state index in [0.29, 0.717) is 58.6 Å². The number of barbiturate groups is 1. The van der Waals surface area contributed by atoms with Crippen LogP contribution in [0.5, 0.6) is 34.5 Å². The number of anilines is 1. The van der Waals surface area contributed by atoms with E-state index < -0.39 is 17.8 Å². The van der Waals surface area contributed by atoms with Crippen molar-refractivity contribution in [2.45, 2.75) is 27.4 Å². The molecule has 1 saturated heterocycles. The number of halogens is 1. The van der Waals surface area contributed by atoms with Crippen LogP contribution in [-0.2, 0) is 16.2 Å². The van der Waals surface area contributed by atoms with Gasteiger partial charge in [0.15, 0.2) is 23.0 Å². The second-order valence-electron chi connectivity index (χ2n) is 9.19. The van der Waals surface area contributed by atoms with Gasteiger partial charge in [0, 0.05) is 6.07 Å². The predicted molar refractivity (Wildman–Crippen MR) is 160 cm³/mol. The van der Waals surface area contributed by atoms with Gasteiger partial charge >= 0.3 is 6.03 Å². The highest BCUT2D eigenvalue weighted by Crippen LogP contribution is 2.40. The van der Waals surface area contributed by atoms with Crippen molar-refractivity contribution in [2.24, 2.45) is 0 Å². The molecule has 0 unspecified atom stereocenters. The summed E-state index contributed by atoms with van der Waals surface area (Å²) < 4.78 is 34.5. The molecule has 0 saturated carbocycles. The number of urea groups is 1. The van der Waals surface area contributed by atoms with Crippen LogP contribution < -0.4 is 38.6 Å². The Kier molecular flexibility index (Phi) is 9.05. The summed E-state index contributed by atoms with van der Waals surface area (Å²) in [5.41, 5.74) is 1.22. The van der Waals surface area contributed by atoms with E-state index in [0.717, 1.165) is 10.5 Å². The predicted octanol–water partition coefficient (Wildman–Crippen LogP) is 5.62. The number of nitrogens with zero attached hydrogens (tertiary/aromatic N) is 1. The van der Waals surface area contributed by atoms with Gasteiger partial charge in [-0.25, -0.2) is 9.69 Å². The van der Waals surface area contributed by atoms with Gasteiger partial charge in [0.1, 0.15) is 23.7 Å². The van der Waals surface area contributed by atoms with Crippen LogP contribution in [0.2, 0.25) is 0 Å². The number of hydrogen-bond acceptors (Lipinski definition) is 9. The van der Waals surface area contributed by atoms with Gasteiger partial charge in [0.2, 0.25) is 6.79 Å². The van der Waals surface area contributed by atoms with Gasteiger partial charge in [-0.05, 0) is 90.3 Å². The lowest BCUT2D eigenvalue weighted by Crippen LogP contribution is -2.54. The van der Waals surface area contributed by atoms with E-state index in [1.54, 1.807) is 31.2 Å². The molecule has 0 spiro atoms. The third kappa shape index (κ3) is 6.38. The zero-order valence-electron chi connectivity index (χ0n) is 23.7. The summed E-state index contributed by atoms with van der Waals surface area (Å²) in [4.78, 5) is 40.3. The minimum absolute atomic E-state index is 0.150. The first-order chi connectivity index (χ1) is 20.8. The molecule has 2 aliphatic rings. The minimum atomic E-state index is -0.898. The zero-order chi connectivity index (χ0) is 30.5. The maximum atomic E-state index is 13.7. The molecule has 2 aliphatic heterocycles. The summed E-state index contributed by atoms with van der Waals surface area (Å²) in [6.45, 7) is 6.83. The van der Waals surface area contributed by atoms with Gasteiger partial charge in [-0.1, -0.05) is 6.07 Å². The third-order valence-corrected chi connectivity index (χ3v) is 6.94. The van der Waals surface area contributed by atoms with Crippen molar-refractivity contribution < 1.29 is 42.8 Å². The van der Waals surface area contributed by atoms with Crippen molar-refractivity contribution in [3.8, 4) is 34.5 Å². The van der Waals surface area contributed by atoms with E-state index in [9.17, 15) is 14.4 Å². The molecule has 3 aromatic carbocycles. The monoisotopic (exact) mass is 652 g/mol. The van der Waals surface area contributed by atoms with Crippen molar-refractivity contribution in [2.75, 3.05) is 31.5 Å². The number of rotatable bonds is 11. The van der Waals surface area contributed by atoms with Gasteiger partial charge in [0.25, 0.3) is 11.8 Å². The number of hydrogen-bond donors (Lipinski definition) is 1. The van der Waals surface area contributed by atoms with Crippen molar-refractivity contribution in [1.82, 2.24) is 5.32 Å². The molecule has 43 heavy (non-hydrogen) atoms. The summed E-state index contributed by atoms with van der Waals surface area (Å²) in [5, 5.41) is 2.25. The van der Waals surface area contributed by atoms with Crippen LogP contribution in [0.15, 0.2) is 58.6 Å².